The van der Waals surface area contributed by atoms with Crippen molar-refractivity contribution in [2.45, 2.75) is 32.2 Å². The summed E-state index contributed by atoms with van der Waals surface area (Å²) >= 11 is 0. The summed E-state index contributed by atoms with van der Waals surface area (Å²) in [5.41, 5.74) is 1.95. The van der Waals surface area contributed by atoms with Gasteiger partial charge in [-0.25, -0.2) is 0 Å². The van der Waals surface area contributed by atoms with Crippen molar-refractivity contribution in [3.63, 3.8) is 0 Å². The summed E-state index contributed by atoms with van der Waals surface area (Å²) in [4.78, 5) is 32.8. The molecule has 154 valence electrons. The van der Waals surface area contributed by atoms with Crippen molar-refractivity contribution < 1.29 is 9.59 Å². The van der Waals surface area contributed by atoms with Crippen LogP contribution in [-0.2, 0) is 16.1 Å². The highest BCUT2D eigenvalue weighted by Crippen LogP contribution is 2.22. The maximum Gasteiger partial charge on any atom is 0.236 e. The molecule has 0 unspecified atom stereocenters. The lowest BCUT2D eigenvalue weighted by atomic mass is 9.92. The predicted octanol–water partition coefficient (Wildman–Crippen LogP) is 3.17. The summed E-state index contributed by atoms with van der Waals surface area (Å²) in [6, 6.07) is 13.5. The second kappa shape index (κ2) is 10.7. The summed E-state index contributed by atoms with van der Waals surface area (Å²) < 4.78 is 0. The molecule has 29 heavy (non-hydrogen) atoms. The second-order valence-corrected chi connectivity index (χ2v) is 7.81. The van der Waals surface area contributed by atoms with Crippen LogP contribution in [0.15, 0.2) is 54.9 Å². The smallest absolute Gasteiger partial charge is 0.236 e. The van der Waals surface area contributed by atoms with E-state index < -0.39 is 0 Å². The number of piperidine rings is 1. The first-order valence-electron chi connectivity index (χ1n) is 10.3. The van der Waals surface area contributed by atoms with E-state index in [9.17, 15) is 9.59 Å². The maximum atomic E-state index is 12.6. The number of aromatic nitrogens is 1. The number of likely N-dealkylation sites (N-methyl/N-ethyl adjacent to an activating group) is 1. The molecule has 1 fully saturated rings. The Balaban J connectivity index is 1.34. The number of para-hydroxylation sites is 1. The van der Waals surface area contributed by atoms with Crippen LogP contribution < -0.4 is 5.32 Å². The van der Waals surface area contributed by atoms with Crippen LogP contribution in [0.4, 0.5) is 5.69 Å². The molecule has 0 radical (unpaired) electrons. The Morgan fingerprint density at radius 3 is 2.59 bits per heavy atom. The summed E-state index contributed by atoms with van der Waals surface area (Å²) in [7, 11) is 1.96. The molecule has 2 heterocycles. The van der Waals surface area contributed by atoms with E-state index in [1.54, 1.807) is 6.20 Å². The summed E-state index contributed by atoms with van der Waals surface area (Å²) in [5, 5.41) is 2.94. The Labute approximate surface area is 172 Å². The van der Waals surface area contributed by atoms with E-state index >= 15 is 0 Å². The predicted molar refractivity (Wildman–Crippen MR) is 114 cm³/mol. The number of nitrogens with zero attached hydrogens (tertiary/aromatic N) is 3. The van der Waals surface area contributed by atoms with Crippen molar-refractivity contribution in [3.05, 3.63) is 60.4 Å². The van der Waals surface area contributed by atoms with Crippen LogP contribution in [0.25, 0.3) is 0 Å². The van der Waals surface area contributed by atoms with Gasteiger partial charge in [0.05, 0.1) is 6.54 Å². The molecule has 1 saturated heterocycles. The lowest BCUT2D eigenvalue weighted by molar-refractivity contribution is -0.133. The highest BCUT2D eigenvalue weighted by Gasteiger charge is 2.23. The van der Waals surface area contributed by atoms with Gasteiger partial charge in [-0.15, -0.1) is 0 Å². The number of likely N-dealkylation sites (tertiary alicyclic amines) is 1. The topological polar surface area (TPSA) is 65.5 Å². The number of carbonyl (C=O) groups is 2. The second-order valence-electron chi connectivity index (χ2n) is 7.81. The fourth-order valence-corrected chi connectivity index (χ4v) is 3.74. The molecular formula is C23H30N4O2. The van der Waals surface area contributed by atoms with Crippen molar-refractivity contribution in [3.8, 4) is 0 Å². The van der Waals surface area contributed by atoms with E-state index in [4.69, 9.17) is 0 Å². The first-order valence-corrected chi connectivity index (χ1v) is 10.3. The van der Waals surface area contributed by atoms with Gasteiger partial charge < -0.3 is 10.2 Å². The number of rotatable bonds is 8. The first kappa shape index (κ1) is 21.0. The Hall–Kier alpha value is -2.73. The van der Waals surface area contributed by atoms with Gasteiger partial charge in [-0.2, -0.15) is 0 Å². The third kappa shape index (κ3) is 6.98. The van der Waals surface area contributed by atoms with E-state index in [1.165, 1.54) is 0 Å². The fourth-order valence-electron chi connectivity index (χ4n) is 3.74. The number of pyridine rings is 1. The summed E-state index contributed by atoms with van der Waals surface area (Å²) in [6.07, 6.45) is 6.93. The third-order valence-electron chi connectivity index (χ3n) is 5.38. The van der Waals surface area contributed by atoms with E-state index in [1.807, 2.05) is 65.5 Å². The minimum atomic E-state index is 0.0618. The van der Waals surface area contributed by atoms with Gasteiger partial charge in [-0.1, -0.05) is 24.3 Å². The molecule has 6 nitrogen and oxygen atoms in total. The number of hydrogen-bond acceptors (Lipinski definition) is 4. The van der Waals surface area contributed by atoms with Crippen molar-refractivity contribution in [1.82, 2.24) is 14.8 Å². The highest BCUT2D eigenvalue weighted by molar-refractivity contribution is 5.90. The molecule has 1 aromatic heterocycles. The van der Waals surface area contributed by atoms with Crippen LogP contribution in [0, 0.1) is 5.92 Å². The number of nitrogens with one attached hydrogen (secondary N) is 1. The molecule has 3 rings (SSSR count). The average molecular weight is 395 g/mol. The zero-order valence-corrected chi connectivity index (χ0v) is 17.1. The Kier molecular flexibility index (Phi) is 7.76. The normalized spacial score (nSPS) is 14.8. The van der Waals surface area contributed by atoms with Gasteiger partial charge in [0.25, 0.3) is 0 Å². The SMILES string of the molecule is CN(CC(=O)N1CCC(CCC(=O)Nc2ccccc2)CC1)Cc1cccnc1. The zero-order valence-electron chi connectivity index (χ0n) is 17.1. The molecule has 0 bridgehead atoms. The minimum Gasteiger partial charge on any atom is -0.342 e. The molecule has 1 N–H and O–H groups in total. The summed E-state index contributed by atoms with van der Waals surface area (Å²) in [5.74, 6) is 0.747. The van der Waals surface area contributed by atoms with Gasteiger partial charge in [-0.05, 0) is 56.0 Å². The van der Waals surface area contributed by atoms with Crippen LogP contribution in [-0.4, -0.2) is 53.3 Å². The van der Waals surface area contributed by atoms with Crippen LogP contribution in [0.2, 0.25) is 0 Å². The monoisotopic (exact) mass is 394 g/mol. The van der Waals surface area contributed by atoms with E-state index in [0.717, 1.165) is 43.6 Å². The van der Waals surface area contributed by atoms with Crippen molar-refractivity contribution in [1.29, 1.82) is 0 Å². The maximum absolute atomic E-state index is 12.6. The third-order valence-corrected chi connectivity index (χ3v) is 5.38. The highest BCUT2D eigenvalue weighted by atomic mass is 16.2. The lowest BCUT2D eigenvalue weighted by Crippen LogP contribution is -2.43. The molecule has 2 amide bonds. The molecule has 6 heteroatoms. The van der Waals surface area contributed by atoms with Gasteiger partial charge in [0.1, 0.15) is 0 Å². The molecule has 0 saturated carbocycles. The van der Waals surface area contributed by atoms with E-state index in [0.29, 0.717) is 25.4 Å². The number of amides is 2. The van der Waals surface area contributed by atoms with Gasteiger partial charge >= 0.3 is 0 Å². The van der Waals surface area contributed by atoms with Gasteiger partial charge in [0.2, 0.25) is 11.8 Å². The van der Waals surface area contributed by atoms with Crippen LogP contribution in [0.3, 0.4) is 0 Å². The van der Waals surface area contributed by atoms with E-state index in [2.05, 4.69) is 10.3 Å². The van der Waals surface area contributed by atoms with Crippen LogP contribution in [0.1, 0.15) is 31.2 Å². The van der Waals surface area contributed by atoms with E-state index in [-0.39, 0.29) is 11.8 Å². The standard InChI is InChI=1S/C23H30N4O2/c1-26(17-20-6-5-13-24-16-20)18-23(29)27-14-11-19(12-15-27)9-10-22(28)25-21-7-3-2-4-8-21/h2-8,13,16,19H,9-12,14-15,17-18H2,1H3,(H,25,28). The molecular weight excluding hydrogens is 364 g/mol. The quantitative estimate of drug-likeness (QED) is 0.747. The Morgan fingerprint density at radius 1 is 1.14 bits per heavy atom. The number of benzene rings is 1. The Morgan fingerprint density at radius 2 is 1.90 bits per heavy atom. The number of anilines is 1. The van der Waals surface area contributed by atoms with Crippen molar-refractivity contribution in [2.75, 3.05) is 32.0 Å². The van der Waals surface area contributed by atoms with Gasteiger partial charge in [0.15, 0.2) is 0 Å². The number of hydrogen-bond donors (Lipinski definition) is 1. The number of carbonyl (C=O) groups excluding carboxylic acids is 2. The van der Waals surface area contributed by atoms with Gasteiger partial charge in [0, 0.05) is 44.1 Å². The lowest BCUT2D eigenvalue weighted by Gasteiger charge is -2.33. The largest absolute Gasteiger partial charge is 0.342 e. The molecule has 1 aromatic carbocycles. The molecule has 0 aliphatic carbocycles. The molecule has 1 aliphatic rings. The van der Waals surface area contributed by atoms with Crippen molar-refractivity contribution in [2.24, 2.45) is 5.92 Å². The zero-order chi connectivity index (χ0) is 20.5. The van der Waals surface area contributed by atoms with Crippen LogP contribution >= 0.6 is 0 Å². The molecule has 1 aliphatic heterocycles. The fraction of sp³-hybridized carbons (Fsp3) is 0.435. The Bertz CT molecular complexity index is 774. The average Bonchev–Trinajstić information content (AvgIpc) is 2.74. The first-order chi connectivity index (χ1) is 14.1. The minimum absolute atomic E-state index is 0.0618. The van der Waals surface area contributed by atoms with Crippen LogP contribution in [0.5, 0.6) is 0 Å². The molecule has 0 atom stereocenters. The molecule has 0 spiro atoms. The molecule has 2 aromatic rings. The summed E-state index contributed by atoms with van der Waals surface area (Å²) in [6.45, 7) is 2.70. The van der Waals surface area contributed by atoms with Crippen molar-refractivity contribution >= 4 is 17.5 Å². The van der Waals surface area contributed by atoms with Gasteiger partial charge in [-0.3, -0.25) is 19.5 Å².